The Hall–Kier alpha value is -1.43. The second-order valence-electron chi connectivity index (χ2n) is 8.18. The van der Waals surface area contributed by atoms with Crippen molar-refractivity contribution < 1.29 is 4.79 Å². The third-order valence-corrected chi connectivity index (χ3v) is 6.26. The Kier molecular flexibility index (Phi) is 6.33. The number of carbonyl (C=O) groups is 1. The molecule has 0 aliphatic carbocycles. The molecule has 26 heavy (non-hydrogen) atoms. The maximum atomic E-state index is 12.7. The van der Waals surface area contributed by atoms with Crippen LogP contribution in [0.2, 0.25) is 0 Å². The average molecular weight is 359 g/mol. The van der Waals surface area contributed by atoms with Crippen molar-refractivity contribution in [3.05, 3.63) is 35.4 Å². The van der Waals surface area contributed by atoms with E-state index in [1.165, 1.54) is 24.8 Å². The number of aryl methyl sites for hydroxylation is 1. The van der Waals surface area contributed by atoms with E-state index >= 15 is 0 Å². The highest BCUT2D eigenvalue weighted by atomic mass is 16.2. The average Bonchev–Trinajstić information content (AvgIpc) is 2.68. The normalized spacial score (nSPS) is 22.7. The second kappa shape index (κ2) is 8.51. The molecule has 1 atom stereocenters. The van der Waals surface area contributed by atoms with Crippen LogP contribution in [0, 0.1) is 6.92 Å². The Morgan fingerprint density at radius 3 is 2.35 bits per heavy atom. The zero-order valence-corrected chi connectivity index (χ0v) is 16.3. The van der Waals surface area contributed by atoms with Crippen molar-refractivity contribution in [2.24, 2.45) is 5.73 Å². The molecule has 3 N–H and O–H groups in total. The van der Waals surface area contributed by atoms with Gasteiger partial charge in [0.1, 0.15) is 6.04 Å². The number of carbonyl (C=O) groups excluding carboxylic acids is 1. The van der Waals surface area contributed by atoms with Gasteiger partial charge in [-0.15, -0.1) is 0 Å². The standard InChI is InChI=1S/C21H34N4O/c1-17-6-8-18(9-7-17)19(22)20(26)23-16-21(10-14-24(2)15-11-21)25-12-4-3-5-13-25/h6-9,19H,3-5,10-16,22H2,1-2H3,(H,23,26). The van der Waals surface area contributed by atoms with E-state index in [4.69, 9.17) is 5.73 Å². The molecule has 0 bridgehead atoms. The molecule has 0 saturated carbocycles. The molecule has 3 rings (SSSR count). The maximum Gasteiger partial charge on any atom is 0.241 e. The molecule has 2 saturated heterocycles. The minimum atomic E-state index is -0.597. The van der Waals surface area contributed by atoms with Crippen molar-refractivity contribution in [3.63, 3.8) is 0 Å². The summed E-state index contributed by atoms with van der Waals surface area (Å²) in [7, 11) is 2.19. The van der Waals surface area contributed by atoms with Crippen LogP contribution in [0.1, 0.15) is 49.3 Å². The van der Waals surface area contributed by atoms with Gasteiger partial charge in [-0.3, -0.25) is 9.69 Å². The van der Waals surface area contributed by atoms with Gasteiger partial charge < -0.3 is 16.0 Å². The number of nitrogens with one attached hydrogen (secondary N) is 1. The third-order valence-electron chi connectivity index (χ3n) is 6.26. The van der Waals surface area contributed by atoms with Crippen LogP contribution < -0.4 is 11.1 Å². The first kappa shape index (κ1) is 19.3. The lowest BCUT2D eigenvalue weighted by Gasteiger charge is -2.50. The lowest BCUT2D eigenvalue weighted by molar-refractivity contribution is -0.123. The van der Waals surface area contributed by atoms with Crippen LogP contribution in [0.3, 0.4) is 0 Å². The van der Waals surface area contributed by atoms with Crippen molar-refractivity contribution in [2.75, 3.05) is 39.8 Å². The molecule has 0 radical (unpaired) electrons. The van der Waals surface area contributed by atoms with E-state index in [1.807, 2.05) is 31.2 Å². The number of hydrogen-bond acceptors (Lipinski definition) is 4. The Morgan fingerprint density at radius 2 is 1.73 bits per heavy atom. The van der Waals surface area contributed by atoms with Crippen LogP contribution in [-0.2, 0) is 4.79 Å². The summed E-state index contributed by atoms with van der Waals surface area (Å²) in [4.78, 5) is 17.7. The summed E-state index contributed by atoms with van der Waals surface area (Å²) in [5, 5.41) is 3.19. The van der Waals surface area contributed by atoms with E-state index in [-0.39, 0.29) is 11.4 Å². The minimum Gasteiger partial charge on any atom is -0.353 e. The summed E-state index contributed by atoms with van der Waals surface area (Å²) in [5.74, 6) is -0.0656. The third kappa shape index (κ3) is 4.45. The van der Waals surface area contributed by atoms with Crippen molar-refractivity contribution in [1.82, 2.24) is 15.1 Å². The first-order chi connectivity index (χ1) is 12.5. The molecule has 1 aromatic carbocycles. The molecule has 2 heterocycles. The predicted molar refractivity (Wildman–Crippen MR) is 106 cm³/mol. The van der Waals surface area contributed by atoms with Gasteiger partial charge in [0.15, 0.2) is 0 Å². The summed E-state index contributed by atoms with van der Waals surface area (Å²) < 4.78 is 0. The van der Waals surface area contributed by atoms with Gasteiger partial charge in [-0.2, -0.15) is 0 Å². The topological polar surface area (TPSA) is 61.6 Å². The van der Waals surface area contributed by atoms with Gasteiger partial charge in [-0.25, -0.2) is 0 Å². The number of likely N-dealkylation sites (tertiary alicyclic amines) is 2. The number of benzene rings is 1. The van der Waals surface area contributed by atoms with E-state index in [2.05, 4.69) is 22.2 Å². The molecule has 5 nitrogen and oxygen atoms in total. The van der Waals surface area contributed by atoms with Gasteiger partial charge in [0, 0.05) is 12.1 Å². The number of amides is 1. The molecular formula is C21H34N4O. The largest absolute Gasteiger partial charge is 0.353 e. The van der Waals surface area contributed by atoms with Crippen LogP contribution >= 0.6 is 0 Å². The molecule has 144 valence electrons. The molecule has 1 aromatic rings. The predicted octanol–water partition coefficient (Wildman–Crippen LogP) is 2.06. The molecule has 2 aliphatic heterocycles. The molecule has 1 amide bonds. The molecule has 0 spiro atoms. The van der Waals surface area contributed by atoms with Crippen molar-refractivity contribution in [3.8, 4) is 0 Å². The van der Waals surface area contributed by atoms with Crippen molar-refractivity contribution >= 4 is 5.91 Å². The highest BCUT2D eigenvalue weighted by Crippen LogP contribution is 2.31. The molecular weight excluding hydrogens is 324 g/mol. The van der Waals surface area contributed by atoms with E-state index < -0.39 is 6.04 Å². The van der Waals surface area contributed by atoms with Gasteiger partial charge in [-0.1, -0.05) is 36.2 Å². The number of piperidine rings is 2. The molecule has 1 unspecified atom stereocenters. The smallest absolute Gasteiger partial charge is 0.241 e. The van der Waals surface area contributed by atoms with Gasteiger partial charge in [0.25, 0.3) is 0 Å². The Morgan fingerprint density at radius 1 is 1.12 bits per heavy atom. The summed E-state index contributed by atoms with van der Waals surface area (Å²) in [5.41, 5.74) is 8.36. The Labute approximate surface area is 157 Å². The van der Waals surface area contributed by atoms with Crippen LogP contribution in [0.25, 0.3) is 0 Å². The van der Waals surface area contributed by atoms with Crippen molar-refractivity contribution in [2.45, 2.75) is 50.6 Å². The van der Waals surface area contributed by atoms with Crippen molar-refractivity contribution in [1.29, 1.82) is 0 Å². The van der Waals surface area contributed by atoms with Crippen LogP contribution in [0.5, 0.6) is 0 Å². The number of hydrogen-bond donors (Lipinski definition) is 2. The number of nitrogens with zero attached hydrogens (tertiary/aromatic N) is 2. The Balaban J connectivity index is 1.65. The highest BCUT2D eigenvalue weighted by Gasteiger charge is 2.40. The summed E-state index contributed by atoms with van der Waals surface area (Å²) >= 11 is 0. The summed E-state index contributed by atoms with van der Waals surface area (Å²) in [6.07, 6.45) is 6.10. The first-order valence-electron chi connectivity index (χ1n) is 10.0. The molecule has 5 heteroatoms. The summed E-state index contributed by atoms with van der Waals surface area (Å²) in [6, 6.07) is 7.33. The maximum absolute atomic E-state index is 12.7. The van der Waals surface area contributed by atoms with Crippen LogP contribution in [-0.4, -0.2) is 61.0 Å². The van der Waals surface area contributed by atoms with Crippen LogP contribution in [0.4, 0.5) is 0 Å². The second-order valence-corrected chi connectivity index (χ2v) is 8.18. The van der Waals surface area contributed by atoms with E-state index in [0.29, 0.717) is 6.54 Å². The van der Waals surface area contributed by atoms with E-state index in [9.17, 15) is 4.79 Å². The van der Waals surface area contributed by atoms with Gasteiger partial charge >= 0.3 is 0 Å². The Bertz CT molecular complexity index is 587. The van der Waals surface area contributed by atoms with Gasteiger partial charge in [0.05, 0.1) is 0 Å². The highest BCUT2D eigenvalue weighted by molar-refractivity contribution is 5.83. The minimum absolute atomic E-state index is 0.0656. The first-order valence-corrected chi connectivity index (χ1v) is 10.0. The summed E-state index contributed by atoms with van der Waals surface area (Å²) in [6.45, 7) is 7.25. The fraction of sp³-hybridized carbons (Fsp3) is 0.667. The van der Waals surface area contributed by atoms with Gasteiger partial charge in [-0.05, 0) is 71.4 Å². The monoisotopic (exact) mass is 358 g/mol. The van der Waals surface area contributed by atoms with Gasteiger partial charge in [0.2, 0.25) is 5.91 Å². The van der Waals surface area contributed by atoms with E-state index in [0.717, 1.165) is 44.6 Å². The SMILES string of the molecule is Cc1ccc(C(N)C(=O)NCC2(N3CCCCC3)CCN(C)CC2)cc1. The molecule has 0 aromatic heterocycles. The fourth-order valence-corrected chi connectivity index (χ4v) is 4.29. The fourth-order valence-electron chi connectivity index (χ4n) is 4.29. The number of rotatable bonds is 5. The van der Waals surface area contributed by atoms with Crippen LogP contribution in [0.15, 0.2) is 24.3 Å². The lowest BCUT2D eigenvalue weighted by atomic mass is 9.84. The van der Waals surface area contributed by atoms with E-state index in [1.54, 1.807) is 0 Å². The molecule has 2 aliphatic rings. The quantitative estimate of drug-likeness (QED) is 0.846. The zero-order valence-electron chi connectivity index (χ0n) is 16.3. The number of nitrogens with two attached hydrogens (primary N) is 1. The molecule has 2 fully saturated rings. The zero-order chi connectivity index (χ0) is 18.6. The lowest BCUT2D eigenvalue weighted by Crippen LogP contribution is -2.61.